The summed E-state index contributed by atoms with van der Waals surface area (Å²) in [6.07, 6.45) is 0.470. The predicted octanol–water partition coefficient (Wildman–Crippen LogP) is 3.11. The van der Waals surface area contributed by atoms with Gasteiger partial charge < -0.3 is 10.0 Å². The van der Waals surface area contributed by atoms with Crippen molar-refractivity contribution < 1.29 is 9.90 Å². The van der Waals surface area contributed by atoms with Gasteiger partial charge in [0.1, 0.15) is 6.07 Å². The number of nitriles is 1. The first-order valence-electron chi connectivity index (χ1n) is 7.14. The van der Waals surface area contributed by atoms with Crippen LogP contribution in [0.2, 0.25) is 5.02 Å². The Bertz CT molecular complexity index is 605. The molecular formula is C16H19ClN2O2. The number of rotatable bonds is 3. The molecule has 1 heterocycles. The number of carbonyl (C=O) groups is 1. The molecule has 1 fully saturated rings. The lowest BCUT2D eigenvalue weighted by atomic mass is 9.77. The van der Waals surface area contributed by atoms with E-state index in [0.717, 1.165) is 0 Å². The van der Waals surface area contributed by atoms with E-state index in [0.29, 0.717) is 29.1 Å². The lowest BCUT2D eigenvalue weighted by Gasteiger charge is -2.27. The third kappa shape index (κ3) is 2.21. The molecule has 5 heteroatoms. The summed E-state index contributed by atoms with van der Waals surface area (Å²) in [5, 5.41) is 19.8. The Labute approximate surface area is 129 Å². The lowest BCUT2D eigenvalue weighted by molar-refractivity contribution is -0.129. The zero-order valence-corrected chi connectivity index (χ0v) is 13.2. The van der Waals surface area contributed by atoms with Gasteiger partial charge in [0, 0.05) is 5.69 Å². The number of hydrogen-bond donors (Lipinski definition) is 1. The van der Waals surface area contributed by atoms with E-state index >= 15 is 0 Å². The highest BCUT2D eigenvalue weighted by atomic mass is 35.5. The van der Waals surface area contributed by atoms with Gasteiger partial charge in [0.25, 0.3) is 0 Å². The zero-order valence-electron chi connectivity index (χ0n) is 12.4. The van der Waals surface area contributed by atoms with Crippen molar-refractivity contribution in [2.24, 2.45) is 5.41 Å². The summed E-state index contributed by atoms with van der Waals surface area (Å²) in [7, 11) is 0. The Morgan fingerprint density at radius 2 is 2.05 bits per heavy atom. The lowest BCUT2D eigenvalue weighted by Crippen LogP contribution is -2.37. The molecule has 1 aromatic carbocycles. The van der Waals surface area contributed by atoms with Crippen LogP contribution in [0.5, 0.6) is 0 Å². The van der Waals surface area contributed by atoms with Gasteiger partial charge in [-0.05, 0) is 38.0 Å². The molecule has 0 unspecified atom stereocenters. The summed E-state index contributed by atoms with van der Waals surface area (Å²) in [6, 6.07) is 6.59. The average Bonchev–Trinajstić information content (AvgIpc) is 2.67. The standard InChI is InChI=1S/C16H19ClN2O2/c1-4-16(5-2)14(20)10(3)19(15(16)21)12-7-6-11(9-18)13(17)8-12/h6-8,10,14,20H,4-5H2,1-3H3/t10-,14+/m0/s1. The number of benzene rings is 1. The molecule has 1 aliphatic heterocycles. The molecule has 0 spiro atoms. The molecule has 2 rings (SSSR count). The maximum atomic E-state index is 12.8. The second-order valence-electron chi connectivity index (χ2n) is 5.50. The van der Waals surface area contributed by atoms with Gasteiger partial charge in [-0.1, -0.05) is 25.4 Å². The minimum absolute atomic E-state index is 0.0757. The summed E-state index contributed by atoms with van der Waals surface area (Å²) < 4.78 is 0. The zero-order chi connectivity index (χ0) is 15.8. The Kier molecular flexibility index (Phi) is 4.27. The molecule has 0 saturated carbocycles. The van der Waals surface area contributed by atoms with Crippen molar-refractivity contribution in [3.63, 3.8) is 0 Å². The van der Waals surface area contributed by atoms with Crippen LogP contribution in [0.4, 0.5) is 5.69 Å². The predicted molar refractivity (Wildman–Crippen MR) is 82.1 cm³/mol. The summed E-state index contributed by atoms with van der Waals surface area (Å²) in [5.74, 6) is -0.0757. The van der Waals surface area contributed by atoms with Gasteiger partial charge in [0.15, 0.2) is 0 Å². The summed E-state index contributed by atoms with van der Waals surface area (Å²) >= 11 is 6.06. The number of hydrogen-bond acceptors (Lipinski definition) is 3. The van der Waals surface area contributed by atoms with Gasteiger partial charge in [-0.3, -0.25) is 4.79 Å². The van der Waals surface area contributed by atoms with Gasteiger partial charge in [-0.2, -0.15) is 5.26 Å². The summed E-state index contributed by atoms with van der Waals surface area (Å²) in [6.45, 7) is 5.68. The number of halogens is 1. The van der Waals surface area contributed by atoms with Crippen molar-refractivity contribution >= 4 is 23.2 Å². The van der Waals surface area contributed by atoms with Crippen LogP contribution in [0.25, 0.3) is 0 Å². The van der Waals surface area contributed by atoms with E-state index in [9.17, 15) is 9.90 Å². The van der Waals surface area contributed by atoms with Crippen molar-refractivity contribution in [1.82, 2.24) is 0 Å². The molecule has 0 bridgehead atoms. The van der Waals surface area contributed by atoms with Crippen LogP contribution < -0.4 is 4.90 Å². The van der Waals surface area contributed by atoms with E-state index in [4.69, 9.17) is 16.9 Å². The number of aliphatic hydroxyl groups excluding tert-OH is 1. The van der Waals surface area contributed by atoms with Gasteiger partial charge >= 0.3 is 0 Å². The van der Waals surface area contributed by atoms with Gasteiger partial charge in [-0.15, -0.1) is 0 Å². The monoisotopic (exact) mass is 306 g/mol. The van der Waals surface area contributed by atoms with Crippen molar-refractivity contribution in [2.75, 3.05) is 4.90 Å². The molecule has 1 aromatic rings. The summed E-state index contributed by atoms with van der Waals surface area (Å²) in [5.41, 5.74) is 0.261. The third-order valence-electron chi connectivity index (χ3n) is 4.69. The number of carbonyl (C=O) groups excluding carboxylic acids is 1. The topological polar surface area (TPSA) is 64.3 Å². The molecule has 1 amide bonds. The fourth-order valence-electron chi connectivity index (χ4n) is 3.22. The highest BCUT2D eigenvalue weighted by molar-refractivity contribution is 6.32. The molecule has 4 nitrogen and oxygen atoms in total. The van der Waals surface area contributed by atoms with Crippen LogP contribution in [0.1, 0.15) is 39.2 Å². The van der Waals surface area contributed by atoms with Gasteiger partial charge in [0.05, 0.1) is 28.1 Å². The van der Waals surface area contributed by atoms with Crippen molar-refractivity contribution in [3.05, 3.63) is 28.8 Å². The van der Waals surface area contributed by atoms with Crippen LogP contribution >= 0.6 is 11.6 Å². The number of nitrogens with zero attached hydrogens (tertiary/aromatic N) is 2. The van der Waals surface area contributed by atoms with Gasteiger partial charge in [-0.25, -0.2) is 0 Å². The average molecular weight is 307 g/mol. The number of amides is 1. The van der Waals surface area contributed by atoms with Crippen molar-refractivity contribution in [2.45, 2.75) is 45.8 Å². The van der Waals surface area contributed by atoms with Crippen LogP contribution in [-0.4, -0.2) is 23.2 Å². The molecule has 112 valence electrons. The first kappa shape index (κ1) is 15.8. The third-order valence-corrected chi connectivity index (χ3v) is 5.00. The first-order valence-corrected chi connectivity index (χ1v) is 7.52. The SMILES string of the molecule is CCC1(CC)C(=O)N(c2ccc(C#N)c(Cl)c2)[C@@H](C)[C@H]1O. The highest BCUT2D eigenvalue weighted by Crippen LogP contribution is 2.44. The Hall–Kier alpha value is -1.57. The fourth-order valence-corrected chi connectivity index (χ4v) is 3.44. The van der Waals surface area contributed by atoms with Crippen LogP contribution in [0.3, 0.4) is 0 Å². The quantitative estimate of drug-likeness (QED) is 0.933. The fraction of sp³-hybridized carbons (Fsp3) is 0.500. The largest absolute Gasteiger partial charge is 0.390 e. The number of anilines is 1. The normalized spacial score (nSPS) is 24.2. The van der Waals surface area contributed by atoms with E-state index in [-0.39, 0.29) is 11.9 Å². The summed E-state index contributed by atoms with van der Waals surface area (Å²) in [4.78, 5) is 14.4. The maximum Gasteiger partial charge on any atom is 0.236 e. The molecule has 0 aromatic heterocycles. The minimum Gasteiger partial charge on any atom is -0.390 e. The van der Waals surface area contributed by atoms with Gasteiger partial charge in [0.2, 0.25) is 5.91 Å². The molecule has 2 atom stereocenters. The molecule has 1 aliphatic rings. The van der Waals surface area contributed by atoms with Crippen LogP contribution in [0.15, 0.2) is 18.2 Å². The molecule has 0 radical (unpaired) electrons. The van der Waals surface area contributed by atoms with Crippen LogP contribution in [0, 0.1) is 16.7 Å². The second kappa shape index (κ2) is 5.67. The van der Waals surface area contributed by atoms with E-state index in [1.54, 1.807) is 23.1 Å². The highest BCUT2D eigenvalue weighted by Gasteiger charge is 2.55. The van der Waals surface area contributed by atoms with E-state index in [1.807, 2.05) is 26.8 Å². The molecular weight excluding hydrogens is 288 g/mol. The van der Waals surface area contributed by atoms with Crippen LogP contribution in [-0.2, 0) is 4.79 Å². The second-order valence-corrected chi connectivity index (χ2v) is 5.91. The first-order chi connectivity index (χ1) is 9.92. The molecule has 0 aliphatic carbocycles. The molecule has 1 N–H and O–H groups in total. The van der Waals surface area contributed by atoms with E-state index in [1.165, 1.54) is 0 Å². The Balaban J connectivity index is 2.48. The van der Waals surface area contributed by atoms with Crippen molar-refractivity contribution in [3.8, 4) is 6.07 Å². The Morgan fingerprint density at radius 1 is 1.43 bits per heavy atom. The Morgan fingerprint density at radius 3 is 2.48 bits per heavy atom. The molecule has 21 heavy (non-hydrogen) atoms. The maximum absolute atomic E-state index is 12.8. The molecule has 1 saturated heterocycles. The number of aliphatic hydroxyl groups is 1. The van der Waals surface area contributed by atoms with E-state index in [2.05, 4.69) is 0 Å². The van der Waals surface area contributed by atoms with E-state index < -0.39 is 11.5 Å². The van der Waals surface area contributed by atoms with Crippen molar-refractivity contribution in [1.29, 1.82) is 5.26 Å². The smallest absolute Gasteiger partial charge is 0.236 e. The minimum atomic E-state index is -0.736.